The highest BCUT2D eigenvalue weighted by molar-refractivity contribution is 7.53. The summed E-state index contributed by atoms with van der Waals surface area (Å²) in [6.07, 6.45) is -4.20. The fraction of sp³-hybridized carbons (Fsp3) is 0.538. The van der Waals surface area contributed by atoms with Gasteiger partial charge in [0.05, 0.1) is 12.9 Å². The Hall–Kier alpha value is -2.19. The van der Waals surface area contributed by atoms with Crippen LogP contribution in [0.5, 0.6) is 0 Å². The van der Waals surface area contributed by atoms with E-state index in [1.807, 2.05) is 0 Å². The van der Waals surface area contributed by atoms with Gasteiger partial charge >= 0.3 is 13.6 Å². The number of hydrogen-bond donors (Lipinski definition) is 6. The lowest BCUT2D eigenvalue weighted by Crippen LogP contribution is -2.36. The fourth-order valence-corrected chi connectivity index (χ4v) is 3.40. The molecule has 28 heavy (non-hydrogen) atoms. The van der Waals surface area contributed by atoms with Crippen LogP contribution in [0.1, 0.15) is 12.1 Å². The molecule has 14 nitrogen and oxygen atoms in total. The minimum absolute atomic E-state index is 0.111. The Morgan fingerprint density at radius 1 is 1.39 bits per heavy atom. The van der Waals surface area contributed by atoms with E-state index in [1.54, 1.807) is 6.92 Å². The largest absolute Gasteiger partial charge is 0.479 e. The molecule has 0 saturated carbocycles. The van der Waals surface area contributed by atoms with Gasteiger partial charge in [-0.05, 0) is 6.92 Å². The molecule has 3 rings (SSSR count). The Balaban J connectivity index is 1.81. The molecule has 0 amide bonds. The molecule has 154 valence electrons. The van der Waals surface area contributed by atoms with Crippen molar-refractivity contribution >= 4 is 30.5 Å². The summed E-state index contributed by atoms with van der Waals surface area (Å²) in [6, 6.07) is 0. The third kappa shape index (κ3) is 3.71. The van der Waals surface area contributed by atoms with Crippen molar-refractivity contribution in [3.05, 3.63) is 12.2 Å². The van der Waals surface area contributed by atoms with E-state index < -0.39 is 50.6 Å². The lowest BCUT2D eigenvalue weighted by molar-refractivity contribution is -0.149. The van der Waals surface area contributed by atoms with Crippen molar-refractivity contribution in [2.75, 3.05) is 12.3 Å². The van der Waals surface area contributed by atoms with Crippen LogP contribution in [0.15, 0.2) is 6.33 Å². The van der Waals surface area contributed by atoms with Crippen LogP contribution in [0.2, 0.25) is 0 Å². The second kappa shape index (κ2) is 7.33. The normalized spacial score (nSPS) is 26.6. The number of rotatable bonds is 6. The summed E-state index contributed by atoms with van der Waals surface area (Å²) in [5.41, 5.74) is 6.27. The number of hydrogen-bond acceptors (Lipinski definition) is 10. The van der Waals surface area contributed by atoms with E-state index in [2.05, 4.69) is 15.0 Å². The molecule has 0 radical (unpaired) electrons. The van der Waals surface area contributed by atoms with Crippen molar-refractivity contribution in [3.8, 4) is 0 Å². The highest BCUT2D eigenvalue weighted by Gasteiger charge is 2.46. The number of aliphatic carboxylic acids is 1. The van der Waals surface area contributed by atoms with Gasteiger partial charge in [0.2, 0.25) is 0 Å². The summed E-state index contributed by atoms with van der Waals surface area (Å²) in [4.78, 5) is 41.2. The molecule has 7 N–H and O–H groups in total. The molecule has 15 heteroatoms. The molecule has 0 bridgehead atoms. The number of ether oxygens (including phenoxy) is 2. The predicted molar refractivity (Wildman–Crippen MR) is 89.8 cm³/mol. The average molecular weight is 419 g/mol. The van der Waals surface area contributed by atoms with Gasteiger partial charge in [0, 0.05) is 0 Å². The van der Waals surface area contributed by atoms with Crippen LogP contribution in [-0.2, 0) is 18.8 Å². The number of aryl methyl sites for hydroxylation is 1. The Labute approximate surface area is 156 Å². The quantitative estimate of drug-likeness (QED) is 0.277. The highest BCUT2D eigenvalue weighted by Crippen LogP contribution is 2.42. The number of carbonyl (C=O) groups is 1. The third-order valence-corrected chi connectivity index (χ3v) is 5.09. The summed E-state index contributed by atoms with van der Waals surface area (Å²) >= 11 is 0. The number of nitrogens with zero attached hydrogens (tertiary/aromatic N) is 4. The number of imidazole rings is 1. The first-order chi connectivity index (χ1) is 13.0. The van der Waals surface area contributed by atoms with E-state index in [9.17, 15) is 19.6 Å². The van der Waals surface area contributed by atoms with Gasteiger partial charge in [-0.25, -0.2) is 19.7 Å². The summed E-state index contributed by atoms with van der Waals surface area (Å²) in [7, 11) is -5.10. The van der Waals surface area contributed by atoms with Crippen molar-refractivity contribution in [3.63, 3.8) is 0 Å². The number of carboxylic acids is 1. The van der Waals surface area contributed by atoms with Crippen molar-refractivity contribution in [1.82, 2.24) is 19.5 Å². The molecule has 2 aromatic heterocycles. The zero-order chi connectivity index (χ0) is 20.8. The molecule has 3 heterocycles. The second-order valence-corrected chi connectivity index (χ2v) is 7.79. The summed E-state index contributed by atoms with van der Waals surface area (Å²) < 4.78 is 22.7. The van der Waals surface area contributed by atoms with Crippen molar-refractivity contribution in [1.29, 1.82) is 0 Å². The number of aliphatic hydroxyl groups is 2. The molecular weight excluding hydrogens is 401 g/mol. The van der Waals surface area contributed by atoms with Crippen molar-refractivity contribution < 1.29 is 43.9 Å². The minimum atomic E-state index is -5.10. The van der Waals surface area contributed by atoms with E-state index in [1.165, 1.54) is 10.9 Å². The van der Waals surface area contributed by atoms with Crippen molar-refractivity contribution in [2.45, 2.75) is 37.3 Å². The number of aliphatic hydroxyl groups excluding tert-OH is 2. The molecular formula is C13H18N5O9P. The number of anilines is 1. The smallest absolute Gasteiger partial charge is 0.365 e. The van der Waals surface area contributed by atoms with Crippen LogP contribution in [0.3, 0.4) is 0 Å². The van der Waals surface area contributed by atoms with Crippen LogP contribution in [-0.4, -0.2) is 81.4 Å². The molecule has 1 fully saturated rings. The zero-order valence-electron chi connectivity index (χ0n) is 14.4. The van der Waals surface area contributed by atoms with Crippen LogP contribution in [0.4, 0.5) is 5.82 Å². The molecule has 1 aliphatic rings. The van der Waals surface area contributed by atoms with Gasteiger partial charge in [-0.3, -0.25) is 9.13 Å². The SMILES string of the molecule is Cc1nc(N)c2ncn([C@@H]3O[C@H](CO[C@H](C(=O)O)P(=O)(O)O)[C@@H](O)[C@H]3O)c2n1. The number of carboxylic acid groups (broad SMARTS) is 1. The van der Waals surface area contributed by atoms with E-state index in [0.29, 0.717) is 5.82 Å². The van der Waals surface area contributed by atoms with Gasteiger partial charge in [-0.15, -0.1) is 0 Å². The monoisotopic (exact) mass is 419 g/mol. The zero-order valence-corrected chi connectivity index (χ0v) is 15.2. The topological polar surface area (TPSA) is 223 Å². The third-order valence-electron chi connectivity index (χ3n) is 4.11. The number of nitrogens with two attached hydrogens (primary N) is 1. The molecule has 1 aliphatic heterocycles. The van der Waals surface area contributed by atoms with Gasteiger partial charge in [-0.1, -0.05) is 0 Å². The van der Waals surface area contributed by atoms with E-state index in [4.69, 9.17) is 30.1 Å². The fourth-order valence-electron chi connectivity index (χ4n) is 2.83. The molecule has 2 aromatic rings. The molecule has 5 atom stereocenters. The van der Waals surface area contributed by atoms with E-state index in [-0.39, 0.29) is 17.0 Å². The summed E-state index contributed by atoms with van der Waals surface area (Å²) in [5.74, 6) is -3.85. The Bertz CT molecular complexity index is 946. The predicted octanol–water partition coefficient (Wildman–Crippen LogP) is -2.06. The first kappa shape index (κ1) is 20.5. The minimum Gasteiger partial charge on any atom is -0.479 e. The van der Waals surface area contributed by atoms with Gasteiger partial charge < -0.3 is 40.3 Å². The first-order valence-corrected chi connectivity index (χ1v) is 9.56. The summed E-state index contributed by atoms with van der Waals surface area (Å²) in [5, 5.41) is 29.3. The van der Waals surface area contributed by atoms with Gasteiger partial charge in [0.1, 0.15) is 29.7 Å². The van der Waals surface area contributed by atoms with Crippen LogP contribution < -0.4 is 5.73 Å². The Morgan fingerprint density at radius 3 is 2.68 bits per heavy atom. The van der Waals surface area contributed by atoms with Gasteiger partial charge in [0.25, 0.3) is 5.85 Å². The second-order valence-electron chi connectivity index (χ2n) is 6.14. The Kier molecular flexibility index (Phi) is 5.38. The maximum atomic E-state index is 11.2. The van der Waals surface area contributed by atoms with E-state index in [0.717, 1.165) is 0 Å². The molecule has 0 aliphatic carbocycles. The lowest BCUT2D eigenvalue weighted by Gasteiger charge is -2.19. The number of fused-ring (bicyclic) bond motifs is 1. The molecule has 1 saturated heterocycles. The highest BCUT2D eigenvalue weighted by atomic mass is 31.2. The lowest BCUT2D eigenvalue weighted by atomic mass is 10.1. The Morgan fingerprint density at radius 2 is 2.07 bits per heavy atom. The van der Waals surface area contributed by atoms with Crippen LogP contribution in [0.25, 0.3) is 11.2 Å². The van der Waals surface area contributed by atoms with Crippen LogP contribution >= 0.6 is 7.60 Å². The van der Waals surface area contributed by atoms with Gasteiger partial charge in [-0.2, -0.15) is 0 Å². The first-order valence-electron chi connectivity index (χ1n) is 7.88. The summed E-state index contributed by atoms with van der Waals surface area (Å²) in [6.45, 7) is 0.901. The molecule has 0 unspecified atom stereocenters. The number of nitrogen functional groups attached to an aromatic ring is 1. The van der Waals surface area contributed by atoms with E-state index >= 15 is 0 Å². The van der Waals surface area contributed by atoms with Gasteiger partial charge in [0.15, 0.2) is 17.7 Å². The van der Waals surface area contributed by atoms with Crippen molar-refractivity contribution in [2.24, 2.45) is 0 Å². The van der Waals surface area contributed by atoms with Crippen LogP contribution in [0, 0.1) is 6.92 Å². The molecule has 0 spiro atoms. The maximum Gasteiger partial charge on any atom is 0.365 e. The molecule has 0 aromatic carbocycles. The average Bonchev–Trinajstić information content (AvgIpc) is 3.09. The maximum absolute atomic E-state index is 11.2. The standard InChI is InChI=1S/C13H18N5O9P/c1-4-16-9(14)6-10(17-4)18(3-15-6)11-8(20)7(19)5(27-11)2-26-13(12(21)22)28(23,24)25/h3,5,7-8,11,13,19-20H,2H2,1H3,(H,21,22)(H2,14,16,17)(H2,23,24,25)/t5-,7-,8-,11-,13+/m1/s1. The number of aromatic nitrogens is 4.